The number of carbonyl (C=O) groups excluding carboxylic acids is 4. The van der Waals surface area contributed by atoms with Gasteiger partial charge in [-0.1, -0.05) is 12.1 Å². The number of amides is 3. The van der Waals surface area contributed by atoms with E-state index in [-0.39, 0.29) is 36.0 Å². The minimum Gasteiger partial charge on any atom is -0.458 e. The Hall–Kier alpha value is -3.40. The summed E-state index contributed by atoms with van der Waals surface area (Å²) in [6, 6.07) is 7.10. The van der Waals surface area contributed by atoms with E-state index < -0.39 is 55.8 Å². The molecular formula is C30H38ClN5O8S2. The van der Waals surface area contributed by atoms with Gasteiger partial charge in [0.2, 0.25) is 15.9 Å². The lowest BCUT2D eigenvalue weighted by Gasteiger charge is -2.32. The van der Waals surface area contributed by atoms with E-state index in [4.69, 9.17) is 21.1 Å². The second-order valence-electron chi connectivity index (χ2n) is 12.4. The third kappa shape index (κ3) is 8.69. The summed E-state index contributed by atoms with van der Waals surface area (Å²) in [5, 5.41) is 2.20. The summed E-state index contributed by atoms with van der Waals surface area (Å²) < 4.78 is 38.5. The van der Waals surface area contributed by atoms with Crippen molar-refractivity contribution >= 4 is 56.7 Å². The zero-order valence-corrected chi connectivity index (χ0v) is 28.7. The number of ether oxygens (including phenoxy) is 2. The second kappa shape index (κ2) is 14.2. The van der Waals surface area contributed by atoms with Gasteiger partial charge in [-0.15, -0.1) is 11.8 Å². The highest BCUT2D eigenvalue weighted by Gasteiger charge is 2.51. The molecule has 3 heterocycles. The molecule has 3 amide bonds. The Morgan fingerprint density at radius 2 is 1.70 bits per heavy atom. The number of halogens is 1. The van der Waals surface area contributed by atoms with Gasteiger partial charge in [0.05, 0.1) is 5.88 Å². The number of pyridine rings is 1. The van der Waals surface area contributed by atoms with Gasteiger partial charge in [-0.3, -0.25) is 14.6 Å². The number of nitrogens with zero attached hydrogens (tertiary/aromatic N) is 4. The van der Waals surface area contributed by atoms with Crippen LogP contribution in [0.5, 0.6) is 5.75 Å². The highest BCUT2D eigenvalue weighted by molar-refractivity contribution is 8.02. The molecule has 2 aromatic rings. The van der Waals surface area contributed by atoms with Gasteiger partial charge in [0.15, 0.2) is 0 Å². The molecule has 13 nitrogen and oxygen atoms in total. The fourth-order valence-corrected chi connectivity index (χ4v) is 8.30. The fourth-order valence-electron chi connectivity index (χ4n) is 5.00. The Bertz CT molecular complexity index is 1540. The minimum absolute atomic E-state index is 0.0267. The molecular weight excluding hydrogens is 658 g/mol. The molecule has 2 aliphatic rings. The van der Waals surface area contributed by atoms with Gasteiger partial charge in [-0.25, -0.2) is 18.0 Å². The lowest BCUT2D eigenvalue weighted by molar-refractivity contribution is -0.158. The van der Waals surface area contributed by atoms with E-state index in [0.717, 1.165) is 4.31 Å². The van der Waals surface area contributed by atoms with Gasteiger partial charge in [0.25, 0.3) is 0 Å². The lowest BCUT2D eigenvalue weighted by atomic mass is 10.0. The average molecular weight is 696 g/mol. The van der Waals surface area contributed by atoms with Crippen molar-refractivity contribution in [3.05, 3.63) is 54.4 Å². The van der Waals surface area contributed by atoms with E-state index in [0.29, 0.717) is 18.7 Å². The van der Waals surface area contributed by atoms with Gasteiger partial charge >= 0.3 is 17.4 Å². The van der Waals surface area contributed by atoms with Crippen molar-refractivity contribution in [1.82, 2.24) is 24.4 Å². The van der Waals surface area contributed by atoms with Gasteiger partial charge in [0.1, 0.15) is 28.3 Å². The lowest BCUT2D eigenvalue weighted by Crippen LogP contribution is -2.57. The summed E-state index contributed by atoms with van der Waals surface area (Å²) in [5.74, 6) is -1.01. The van der Waals surface area contributed by atoms with Crippen molar-refractivity contribution in [2.24, 2.45) is 0 Å². The van der Waals surface area contributed by atoms with Crippen LogP contribution in [0.2, 0.25) is 0 Å². The number of carbonyl (C=O) groups is 4. The monoisotopic (exact) mass is 695 g/mol. The molecule has 2 aliphatic heterocycles. The molecule has 0 saturated carbocycles. The van der Waals surface area contributed by atoms with Crippen LogP contribution in [0.4, 0.5) is 9.59 Å². The average Bonchev–Trinajstić information content (AvgIpc) is 3.33. The van der Waals surface area contributed by atoms with E-state index in [9.17, 15) is 27.6 Å². The van der Waals surface area contributed by atoms with Crippen molar-refractivity contribution in [3.8, 4) is 5.75 Å². The maximum absolute atomic E-state index is 13.9. The summed E-state index contributed by atoms with van der Waals surface area (Å²) in [4.78, 5) is 57.9. The number of aromatic nitrogens is 1. The van der Waals surface area contributed by atoms with Crippen LogP contribution in [0.3, 0.4) is 0 Å². The molecule has 2 atom stereocenters. The Kier molecular flexibility index (Phi) is 10.9. The first-order chi connectivity index (χ1) is 21.5. The molecule has 46 heavy (non-hydrogen) atoms. The summed E-state index contributed by atoms with van der Waals surface area (Å²) in [6.07, 6.45) is 2.15. The molecule has 0 bridgehead atoms. The van der Waals surface area contributed by atoms with E-state index in [1.807, 2.05) is 0 Å². The third-order valence-corrected chi connectivity index (χ3v) is 10.9. The molecule has 2 saturated heterocycles. The van der Waals surface area contributed by atoms with Gasteiger partial charge < -0.3 is 24.6 Å². The first-order valence-electron chi connectivity index (χ1n) is 14.6. The van der Waals surface area contributed by atoms with Crippen molar-refractivity contribution in [2.45, 2.75) is 68.4 Å². The molecule has 0 spiro atoms. The predicted molar refractivity (Wildman–Crippen MR) is 172 cm³/mol. The Morgan fingerprint density at radius 1 is 1.07 bits per heavy atom. The summed E-state index contributed by atoms with van der Waals surface area (Å²) in [7, 11) is -4.07. The van der Waals surface area contributed by atoms with Gasteiger partial charge in [-0.2, -0.15) is 4.31 Å². The number of thioether (sulfide) groups is 1. The maximum Gasteiger partial charge on any atom is 0.415 e. The SMILES string of the molecule is CC(C)(C)OC(=O)[C@H](Cc1ccc(OC(=O)N2CCN(C(=O)Cl)CC2)cc1)NC(=O)[C@H]1N(S(=O)(=O)c2cccnc2)CSC1(C)C. The van der Waals surface area contributed by atoms with Crippen molar-refractivity contribution in [1.29, 1.82) is 0 Å². The summed E-state index contributed by atoms with van der Waals surface area (Å²) in [6.45, 7) is 9.85. The van der Waals surface area contributed by atoms with Crippen LogP contribution >= 0.6 is 23.4 Å². The van der Waals surface area contributed by atoms with E-state index in [1.165, 1.54) is 46.1 Å². The fraction of sp³-hybridized carbons (Fsp3) is 0.500. The molecule has 0 radical (unpaired) electrons. The number of benzene rings is 1. The number of rotatable bonds is 8. The molecule has 1 aromatic carbocycles. The van der Waals surface area contributed by atoms with Crippen LogP contribution in [0.25, 0.3) is 0 Å². The topological polar surface area (TPSA) is 156 Å². The standard InChI is InChI=1S/C30H38ClN5O8S2/c1-29(2,3)44-26(38)23(17-20-8-10-21(11-9-20)43-28(40)35-15-13-34(14-16-35)27(31)39)33-25(37)24-30(4,5)45-19-36(24)46(41,42)22-7-6-12-32-18-22/h6-12,18,23-24H,13-17,19H2,1-5H3,(H,33,37)/t23-,24+/m0/s1. The van der Waals surface area contributed by atoms with E-state index in [2.05, 4.69) is 10.3 Å². The van der Waals surface area contributed by atoms with Crippen LogP contribution in [0.15, 0.2) is 53.7 Å². The zero-order chi connectivity index (χ0) is 33.9. The molecule has 0 unspecified atom stereocenters. The highest BCUT2D eigenvalue weighted by atomic mass is 35.5. The number of piperazine rings is 1. The molecule has 0 aliphatic carbocycles. The van der Waals surface area contributed by atoms with E-state index in [1.54, 1.807) is 58.9 Å². The minimum atomic E-state index is -4.07. The summed E-state index contributed by atoms with van der Waals surface area (Å²) in [5.41, 5.74) is -0.219. The van der Waals surface area contributed by atoms with Crippen molar-refractivity contribution in [2.75, 3.05) is 32.1 Å². The van der Waals surface area contributed by atoms with Crippen LogP contribution in [-0.4, -0.2) is 105 Å². The number of hydrogen-bond donors (Lipinski definition) is 1. The first-order valence-corrected chi connectivity index (χ1v) is 17.4. The number of sulfonamides is 1. The van der Waals surface area contributed by atoms with Crippen LogP contribution < -0.4 is 10.1 Å². The molecule has 16 heteroatoms. The van der Waals surface area contributed by atoms with Gasteiger partial charge in [-0.05, 0) is 76.0 Å². The Morgan fingerprint density at radius 3 is 2.26 bits per heavy atom. The number of esters is 1. The normalized spacial score (nSPS) is 19.3. The van der Waals surface area contributed by atoms with Crippen LogP contribution in [0.1, 0.15) is 40.2 Å². The molecule has 4 rings (SSSR count). The highest BCUT2D eigenvalue weighted by Crippen LogP contribution is 2.42. The van der Waals surface area contributed by atoms with Crippen LogP contribution in [-0.2, 0) is 30.8 Å². The molecule has 250 valence electrons. The first kappa shape index (κ1) is 35.5. The molecule has 1 aromatic heterocycles. The largest absolute Gasteiger partial charge is 0.458 e. The molecule has 1 N–H and O–H groups in total. The predicted octanol–water partition coefficient (Wildman–Crippen LogP) is 3.47. The number of nitrogens with one attached hydrogen (secondary N) is 1. The number of hydrogen-bond acceptors (Lipinski definition) is 10. The molecule has 2 fully saturated rings. The van der Waals surface area contributed by atoms with E-state index >= 15 is 0 Å². The quantitative estimate of drug-likeness (QED) is 0.247. The smallest absolute Gasteiger partial charge is 0.415 e. The summed E-state index contributed by atoms with van der Waals surface area (Å²) >= 11 is 6.82. The maximum atomic E-state index is 13.9. The van der Waals surface area contributed by atoms with Crippen LogP contribution in [0, 0.1) is 0 Å². The zero-order valence-electron chi connectivity index (χ0n) is 26.3. The Labute approximate surface area is 278 Å². The van der Waals surface area contributed by atoms with Crippen molar-refractivity contribution in [3.63, 3.8) is 0 Å². The van der Waals surface area contributed by atoms with Gasteiger partial charge in [0, 0.05) is 49.7 Å². The Balaban J connectivity index is 1.49. The second-order valence-corrected chi connectivity index (χ2v) is 16.2. The third-order valence-electron chi connectivity index (χ3n) is 7.36. The van der Waals surface area contributed by atoms with Crippen molar-refractivity contribution < 1.29 is 37.1 Å².